The van der Waals surface area contributed by atoms with E-state index in [1.165, 1.54) is 96.7 Å². The number of hydrogen-bond acceptors (Lipinski definition) is 0. The number of rotatable bonds is 8. The van der Waals surface area contributed by atoms with E-state index in [-0.39, 0.29) is 24.8 Å². The minimum atomic E-state index is -3.72. The van der Waals surface area contributed by atoms with Gasteiger partial charge in [0.05, 0.1) is 0 Å². The van der Waals surface area contributed by atoms with E-state index >= 15 is 0 Å². The first kappa shape index (κ1) is 39.7. The van der Waals surface area contributed by atoms with Gasteiger partial charge >= 0.3 is 307 Å². The molecule has 0 spiro atoms. The first-order valence-corrected chi connectivity index (χ1v) is 33.8. The second-order valence-corrected chi connectivity index (χ2v) is 48.3. The van der Waals surface area contributed by atoms with Crippen LogP contribution in [0.1, 0.15) is 137 Å². The van der Waals surface area contributed by atoms with Gasteiger partial charge < -0.3 is 0 Å². The maximum atomic E-state index is 2.85. The number of fused-ring (bicyclic) bond motifs is 2. The molecule has 4 aromatic rings. The van der Waals surface area contributed by atoms with Crippen LogP contribution >= 0.6 is 24.8 Å². The van der Waals surface area contributed by atoms with Crippen LogP contribution in [0.5, 0.6) is 0 Å². The predicted octanol–water partition coefficient (Wildman–Crippen LogP) is 14.5. The van der Waals surface area contributed by atoms with Gasteiger partial charge in [0.1, 0.15) is 0 Å². The monoisotopic (exact) mass is 824 g/mol. The average Bonchev–Trinajstić information content (AvgIpc) is 3.90. The van der Waals surface area contributed by atoms with E-state index in [1.807, 2.05) is 0 Å². The topological polar surface area (TPSA) is 0 Å². The molecular weight excluding hydrogens is 767 g/mol. The molecule has 0 nitrogen and oxygen atoms in total. The largest absolute Gasteiger partial charge is 0.147 e. The molecule has 8 rings (SSSR count). The Bertz CT molecular complexity index is 2030. The fourth-order valence-corrected chi connectivity index (χ4v) is 30.9. The predicted molar refractivity (Wildman–Crippen MR) is 232 cm³/mol. The second kappa shape index (κ2) is 15.6. The summed E-state index contributed by atoms with van der Waals surface area (Å²) in [6.07, 6.45) is 18.9. The van der Waals surface area contributed by atoms with E-state index < -0.39 is 17.4 Å². The molecule has 0 aromatic heterocycles. The molecule has 274 valence electrons. The second-order valence-electron chi connectivity index (χ2n) is 17.9. The van der Waals surface area contributed by atoms with E-state index in [9.17, 15) is 0 Å². The van der Waals surface area contributed by atoms with Crippen molar-refractivity contribution in [1.82, 2.24) is 0 Å². The van der Waals surface area contributed by atoms with Gasteiger partial charge in [-0.3, -0.25) is 0 Å². The van der Waals surface area contributed by atoms with Crippen LogP contribution in [-0.4, -0.2) is 6.88 Å². The van der Waals surface area contributed by atoms with E-state index in [0.717, 1.165) is 18.3 Å². The Balaban J connectivity index is 0.00000232. The molecular formula is C48H60Cl2SiZr. The number of allylic oxidation sites excluding steroid dienone is 2. The third-order valence-corrected chi connectivity index (χ3v) is 31.0. The van der Waals surface area contributed by atoms with E-state index in [0.29, 0.717) is 13.2 Å². The summed E-state index contributed by atoms with van der Waals surface area (Å²) in [6.45, 7) is 9.54. The Morgan fingerprint density at radius 2 is 1.12 bits per heavy atom. The standard InChI is InChI=1S/2C23H25.2CH3.2ClH.H2Si.Zr/c1-16(2)17-10-12-19(13-11-17)22-9-5-8-20-14-21(15-23(20)22)18-6-3-4-7-18;1-2-17-15-21-9-6-10-22(23(21)16-17)20-13-11-19(12-14-20)18-7-4-3-5-8-18;;;;;;/h5,8-16,18H,3-4,6-7H2,1-2H3;6,9-16,18H,2-5,7-8H2,1H3;2*1H3;2*1H;1H2;. The smallest absolute Gasteiger partial charge is 0.147 e. The summed E-state index contributed by atoms with van der Waals surface area (Å²) in [7, 11) is 0. The van der Waals surface area contributed by atoms with Crippen LogP contribution < -0.4 is 0 Å². The first-order chi connectivity index (χ1) is 24.1. The maximum Gasteiger partial charge on any atom is -0.147 e. The quantitative estimate of drug-likeness (QED) is 0.155. The maximum absolute atomic E-state index is 3.72. The molecule has 0 amide bonds. The van der Waals surface area contributed by atoms with Crippen LogP contribution in [0.2, 0.25) is 9.26 Å². The fourth-order valence-electron chi connectivity index (χ4n) is 11.1. The molecule has 4 aromatic carbocycles. The van der Waals surface area contributed by atoms with E-state index in [4.69, 9.17) is 0 Å². The molecule has 0 N–H and O–H groups in total. The third kappa shape index (κ3) is 7.02. The zero-order valence-electron chi connectivity index (χ0n) is 32.2. The summed E-state index contributed by atoms with van der Waals surface area (Å²) < 4.78 is 6.83. The summed E-state index contributed by atoms with van der Waals surface area (Å²) in [4.78, 5) is 0. The molecule has 2 atom stereocenters. The number of hydrogen-bond donors (Lipinski definition) is 0. The van der Waals surface area contributed by atoms with Crippen molar-refractivity contribution in [1.29, 1.82) is 0 Å². The Labute approximate surface area is 329 Å². The minimum Gasteiger partial charge on any atom is -0.147 e. The van der Waals surface area contributed by atoms with Gasteiger partial charge in [0.15, 0.2) is 0 Å². The average molecular weight is 827 g/mol. The zero-order chi connectivity index (χ0) is 34.6. The Kier molecular flexibility index (Phi) is 12.0. The van der Waals surface area contributed by atoms with Gasteiger partial charge in [-0.25, -0.2) is 0 Å². The normalized spacial score (nSPS) is 20.5. The van der Waals surface area contributed by atoms with Crippen molar-refractivity contribution >= 4 is 43.8 Å². The molecule has 4 heteroatoms. The first-order valence-electron chi connectivity index (χ1n) is 20.1. The number of benzene rings is 4. The molecule has 2 saturated carbocycles. The van der Waals surface area contributed by atoms with Crippen LogP contribution in [0.3, 0.4) is 0 Å². The molecule has 0 aliphatic heterocycles. The molecule has 0 saturated heterocycles. The Morgan fingerprint density at radius 3 is 1.67 bits per heavy atom. The fraction of sp³-hybridized carbons (Fsp3) is 0.417. The van der Waals surface area contributed by atoms with Crippen molar-refractivity contribution < 1.29 is 17.4 Å². The van der Waals surface area contributed by atoms with Crippen molar-refractivity contribution in [2.75, 3.05) is 0 Å². The Morgan fingerprint density at radius 1 is 0.615 bits per heavy atom. The summed E-state index contributed by atoms with van der Waals surface area (Å²) in [6, 6.07) is 33.9. The van der Waals surface area contributed by atoms with E-state index in [2.05, 4.69) is 134 Å². The number of halogens is 2. The molecule has 0 radical (unpaired) electrons. The van der Waals surface area contributed by atoms with Gasteiger partial charge in [0, 0.05) is 0 Å². The van der Waals surface area contributed by atoms with E-state index in [1.54, 1.807) is 27.8 Å². The van der Waals surface area contributed by atoms with Gasteiger partial charge in [0.25, 0.3) is 0 Å². The van der Waals surface area contributed by atoms with Crippen molar-refractivity contribution in [2.45, 2.75) is 113 Å². The van der Waals surface area contributed by atoms with Gasteiger partial charge in [-0.05, 0) is 0 Å². The van der Waals surface area contributed by atoms with Crippen molar-refractivity contribution in [2.24, 2.45) is 5.92 Å². The molecule has 0 heterocycles. The summed E-state index contributed by atoms with van der Waals surface area (Å²) >= 11 is -3.72. The third-order valence-electron chi connectivity index (χ3n) is 13.6. The molecule has 4 aliphatic rings. The van der Waals surface area contributed by atoms with Crippen molar-refractivity contribution in [3.05, 3.63) is 129 Å². The van der Waals surface area contributed by atoms with Crippen LogP contribution in [-0.2, 0) is 17.4 Å². The molecule has 2 fully saturated rings. The summed E-state index contributed by atoms with van der Waals surface area (Å²) in [5.41, 5.74) is 18.4. The van der Waals surface area contributed by atoms with Crippen LogP contribution in [0.4, 0.5) is 0 Å². The van der Waals surface area contributed by atoms with Gasteiger partial charge in [-0.1, -0.05) is 0 Å². The van der Waals surface area contributed by atoms with Crippen LogP contribution in [0, 0.1) is 5.92 Å². The molecule has 2 unspecified atom stereocenters. The van der Waals surface area contributed by atoms with Crippen LogP contribution in [0.15, 0.2) is 96.1 Å². The molecule has 0 bridgehead atoms. The van der Waals surface area contributed by atoms with Gasteiger partial charge in [0.2, 0.25) is 0 Å². The van der Waals surface area contributed by atoms with Crippen molar-refractivity contribution in [3.63, 3.8) is 0 Å². The van der Waals surface area contributed by atoms with Gasteiger partial charge in [-0.15, -0.1) is 24.8 Å². The zero-order valence-corrected chi connectivity index (χ0v) is 37.7. The minimum absolute atomic E-state index is 0. The summed E-state index contributed by atoms with van der Waals surface area (Å²) in [5, 5.41) is 0. The van der Waals surface area contributed by atoms with Crippen LogP contribution in [0.25, 0.3) is 34.4 Å². The molecule has 52 heavy (non-hydrogen) atoms. The Hall–Kier alpha value is -1.96. The summed E-state index contributed by atoms with van der Waals surface area (Å²) in [5.74, 6) is 2.03. The van der Waals surface area contributed by atoms with Gasteiger partial charge in [-0.2, -0.15) is 0 Å². The molecule has 4 aliphatic carbocycles. The SMILES string of the molecule is CCC1=Cc2c(-c3ccc(C4CCCCC4)cc3)cccc2[CH]1[Zr]([CH3])([CH3])(=[SiH2])[CH]1C(C2CCCC2)=Cc2c(-c3ccc(C(C)C)cc3)cccc21.Cl.Cl. The van der Waals surface area contributed by atoms with Crippen molar-refractivity contribution in [3.8, 4) is 22.3 Å².